The van der Waals surface area contributed by atoms with E-state index in [0.29, 0.717) is 17.0 Å². The van der Waals surface area contributed by atoms with Crippen molar-refractivity contribution < 1.29 is 14.4 Å². The second-order valence-corrected chi connectivity index (χ2v) is 8.49. The summed E-state index contributed by atoms with van der Waals surface area (Å²) in [4.78, 5) is 32.5. The van der Waals surface area contributed by atoms with Crippen molar-refractivity contribution in [3.05, 3.63) is 65.4 Å². The van der Waals surface area contributed by atoms with Crippen LogP contribution >= 0.6 is 0 Å². The molecule has 8 heteroatoms. The third-order valence-corrected chi connectivity index (χ3v) is 6.35. The molecule has 1 spiro atoms. The molecule has 0 bridgehead atoms. The number of anilines is 2. The summed E-state index contributed by atoms with van der Waals surface area (Å²) < 4.78 is 0. The minimum Gasteiger partial charge on any atom is -0.385 e. The van der Waals surface area contributed by atoms with Crippen LogP contribution in [0.4, 0.5) is 11.4 Å². The predicted octanol–water partition coefficient (Wildman–Crippen LogP) is 1.63. The molecule has 4 aliphatic rings. The highest BCUT2D eigenvalue weighted by molar-refractivity contribution is 6.39. The Hall–Kier alpha value is -3.65. The molecule has 0 aliphatic carbocycles. The van der Waals surface area contributed by atoms with Crippen LogP contribution in [-0.2, 0) is 14.4 Å². The van der Waals surface area contributed by atoms with Crippen molar-refractivity contribution in [2.45, 2.75) is 0 Å². The Balaban J connectivity index is 1.28. The molecule has 0 saturated carbocycles. The minimum atomic E-state index is -0.194. The number of hydrogen-bond acceptors (Lipinski definition) is 6. The van der Waals surface area contributed by atoms with Crippen LogP contribution in [-0.4, -0.2) is 55.2 Å². The van der Waals surface area contributed by atoms with Gasteiger partial charge in [-0.3, -0.25) is 9.59 Å². The fourth-order valence-electron chi connectivity index (χ4n) is 4.65. The Morgan fingerprint density at radius 3 is 2.39 bits per heavy atom. The Bertz CT molecular complexity index is 1170. The summed E-state index contributed by atoms with van der Waals surface area (Å²) in [5.41, 5.74) is 5.15. The molecule has 6 rings (SSSR count). The van der Waals surface area contributed by atoms with Crippen LogP contribution in [0.5, 0.6) is 0 Å². The maximum absolute atomic E-state index is 12.8. The van der Waals surface area contributed by atoms with Gasteiger partial charge in [-0.2, -0.15) is 0 Å². The van der Waals surface area contributed by atoms with Gasteiger partial charge in [-0.1, -0.05) is 41.6 Å². The Morgan fingerprint density at radius 2 is 1.68 bits per heavy atom. The molecule has 156 valence electrons. The molecule has 2 aromatic carbocycles. The number of oxime groups is 1. The minimum absolute atomic E-state index is 0.0701. The smallest absolute Gasteiger partial charge is 0.263 e. The van der Waals surface area contributed by atoms with Crippen molar-refractivity contribution in [3.8, 4) is 0 Å². The zero-order valence-corrected chi connectivity index (χ0v) is 16.8. The van der Waals surface area contributed by atoms with Crippen molar-refractivity contribution in [2.24, 2.45) is 10.6 Å². The van der Waals surface area contributed by atoms with E-state index in [1.807, 2.05) is 53.4 Å². The van der Waals surface area contributed by atoms with E-state index in [4.69, 9.17) is 4.84 Å². The average Bonchev–Trinajstić information content (AvgIpc) is 3.22. The standard InChI is InChI=1S/C23H21N5O3/c29-18(28-12-23(13-28)10-24-11-23)9-31-27-20-15-6-2-4-8-17(15)25-21(20)19-14-5-1-3-7-16(14)26-22(19)30/h1-8,24-25H,9-13H2,(H,26,30)/b21-19-,27-20+. The van der Waals surface area contributed by atoms with Gasteiger partial charge in [0, 0.05) is 54.1 Å². The number of carbonyl (C=O) groups is 2. The van der Waals surface area contributed by atoms with Crippen LogP contribution in [0.2, 0.25) is 0 Å². The van der Waals surface area contributed by atoms with Crippen molar-refractivity contribution in [3.63, 3.8) is 0 Å². The number of nitrogens with zero attached hydrogens (tertiary/aromatic N) is 2. The quantitative estimate of drug-likeness (QED) is 0.523. The lowest BCUT2D eigenvalue weighted by atomic mass is 9.74. The number of hydrogen-bond donors (Lipinski definition) is 3. The number of benzene rings is 2. The van der Waals surface area contributed by atoms with Gasteiger partial charge in [-0.25, -0.2) is 0 Å². The van der Waals surface area contributed by atoms with Crippen LogP contribution in [0.25, 0.3) is 5.57 Å². The number of nitrogens with one attached hydrogen (secondary N) is 3. The number of rotatable bonds is 3. The lowest BCUT2D eigenvalue weighted by Gasteiger charge is -2.55. The topological polar surface area (TPSA) is 95.1 Å². The first kappa shape index (κ1) is 18.1. The van der Waals surface area contributed by atoms with Crippen molar-refractivity contribution >= 4 is 34.5 Å². The molecule has 2 amide bonds. The van der Waals surface area contributed by atoms with E-state index in [1.54, 1.807) is 0 Å². The molecule has 8 nitrogen and oxygen atoms in total. The van der Waals surface area contributed by atoms with Gasteiger partial charge in [0.1, 0.15) is 5.71 Å². The molecule has 2 fully saturated rings. The number of amides is 2. The maximum Gasteiger partial charge on any atom is 0.263 e. The Labute approximate surface area is 178 Å². The van der Waals surface area contributed by atoms with Gasteiger partial charge in [0.25, 0.3) is 11.8 Å². The fourth-order valence-corrected chi connectivity index (χ4v) is 4.65. The Morgan fingerprint density at radius 1 is 1.00 bits per heavy atom. The van der Waals surface area contributed by atoms with E-state index in [1.165, 1.54) is 0 Å². The van der Waals surface area contributed by atoms with E-state index >= 15 is 0 Å². The first-order valence-corrected chi connectivity index (χ1v) is 10.3. The summed E-state index contributed by atoms with van der Waals surface area (Å²) in [7, 11) is 0. The predicted molar refractivity (Wildman–Crippen MR) is 116 cm³/mol. The summed E-state index contributed by atoms with van der Waals surface area (Å²) in [6.45, 7) is 3.37. The maximum atomic E-state index is 12.8. The number of para-hydroxylation sites is 2. The third-order valence-electron chi connectivity index (χ3n) is 6.35. The van der Waals surface area contributed by atoms with Gasteiger partial charge in [0.2, 0.25) is 0 Å². The normalized spacial score (nSPS) is 23.5. The van der Waals surface area contributed by atoms with Crippen molar-refractivity contribution in [2.75, 3.05) is 43.4 Å². The van der Waals surface area contributed by atoms with E-state index in [2.05, 4.69) is 21.1 Å². The van der Waals surface area contributed by atoms with Gasteiger partial charge in [0.15, 0.2) is 6.61 Å². The highest BCUT2D eigenvalue weighted by Gasteiger charge is 2.49. The van der Waals surface area contributed by atoms with E-state index in [-0.39, 0.29) is 23.8 Å². The van der Waals surface area contributed by atoms with E-state index < -0.39 is 0 Å². The molecule has 0 aromatic heterocycles. The van der Waals surface area contributed by atoms with Gasteiger partial charge in [-0.05, 0) is 12.1 Å². The van der Waals surface area contributed by atoms with Crippen molar-refractivity contribution in [1.82, 2.24) is 10.2 Å². The molecule has 0 atom stereocenters. The van der Waals surface area contributed by atoms with Crippen molar-refractivity contribution in [1.29, 1.82) is 0 Å². The molecule has 3 N–H and O–H groups in total. The lowest BCUT2D eigenvalue weighted by Crippen LogP contribution is -2.72. The summed E-state index contributed by atoms with van der Waals surface area (Å²) in [6.07, 6.45) is 0. The second-order valence-electron chi connectivity index (χ2n) is 8.49. The van der Waals surface area contributed by atoms with Crippen LogP contribution in [0, 0.1) is 5.41 Å². The highest BCUT2D eigenvalue weighted by atomic mass is 16.6. The van der Waals surface area contributed by atoms with Crippen LogP contribution < -0.4 is 16.0 Å². The molecule has 0 unspecified atom stereocenters. The number of fused-ring (bicyclic) bond motifs is 2. The third kappa shape index (κ3) is 2.83. The second kappa shape index (κ2) is 6.68. The molecule has 0 radical (unpaired) electrons. The van der Waals surface area contributed by atoms with Crippen LogP contribution in [0.3, 0.4) is 0 Å². The summed E-state index contributed by atoms with van der Waals surface area (Å²) in [5, 5.41) is 13.8. The van der Waals surface area contributed by atoms with Gasteiger partial charge >= 0.3 is 0 Å². The summed E-state index contributed by atoms with van der Waals surface area (Å²) in [6, 6.07) is 15.2. The summed E-state index contributed by atoms with van der Waals surface area (Å²) >= 11 is 0. The van der Waals surface area contributed by atoms with Gasteiger partial charge < -0.3 is 25.7 Å². The molecule has 31 heavy (non-hydrogen) atoms. The largest absolute Gasteiger partial charge is 0.385 e. The first-order chi connectivity index (χ1) is 15.1. The van der Waals surface area contributed by atoms with E-state index in [9.17, 15) is 9.59 Å². The molecule has 2 aromatic rings. The highest BCUT2D eigenvalue weighted by Crippen LogP contribution is 2.39. The Kier molecular flexibility index (Phi) is 3.91. The van der Waals surface area contributed by atoms with Gasteiger partial charge in [-0.15, -0.1) is 0 Å². The fraction of sp³-hybridized carbons (Fsp3) is 0.261. The zero-order valence-electron chi connectivity index (χ0n) is 16.8. The average molecular weight is 415 g/mol. The van der Waals surface area contributed by atoms with Crippen LogP contribution in [0.15, 0.2) is 59.4 Å². The number of allylic oxidation sites excluding steroid dienone is 1. The van der Waals surface area contributed by atoms with E-state index in [0.717, 1.165) is 48.7 Å². The SMILES string of the molecule is O=C1Nc2ccccc2/C1=C1/Nc2ccccc2/C1=N\OCC(=O)N1CC2(CNC2)C1. The molecule has 2 saturated heterocycles. The monoisotopic (exact) mass is 415 g/mol. The molecule has 4 aliphatic heterocycles. The zero-order chi connectivity index (χ0) is 21.0. The first-order valence-electron chi connectivity index (χ1n) is 10.3. The molecule has 4 heterocycles. The van der Waals surface area contributed by atoms with Crippen LogP contribution in [0.1, 0.15) is 11.1 Å². The molecular formula is C23H21N5O3. The van der Waals surface area contributed by atoms with Gasteiger partial charge in [0.05, 0.1) is 11.3 Å². The number of likely N-dealkylation sites (tertiary alicyclic amines) is 1. The summed E-state index contributed by atoms with van der Waals surface area (Å²) in [5.74, 6) is -0.264. The number of carbonyl (C=O) groups excluding carboxylic acids is 2. The lowest BCUT2D eigenvalue weighted by molar-refractivity contribution is -0.151. The molecular weight excluding hydrogens is 394 g/mol.